The fourth-order valence-corrected chi connectivity index (χ4v) is 3.28. The summed E-state index contributed by atoms with van der Waals surface area (Å²) in [5, 5.41) is 2.78. The fourth-order valence-electron chi connectivity index (χ4n) is 2.46. The van der Waals surface area contributed by atoms with E-state index in [1.165, 1.54) is 20.0 Å². The topological polar surface area (TPSA) is 71.5 Å². The van der Waals surface area contributed by atoms with Gasteiger partial charge in [-0.3, -0.25) is 4.79 Å². The van der Waals surface area contributed by atoms with Gasteiger partial charge in [-0.15, -0.1) is 11.3 Å². The van der Waals surface area contributed by atoms with Crippen molar-refractivity contribution in [3.05, 3.63) is 40.2 Å². The molecule has 0 radical (unpaired) electrons. The molecule has 7 heteroatoms. The molecule has 0 spiro atoms. The van der Waals surface area contributed by atoms with Crippen LogP contribution in [0.4, 0.5) is 11.5 Å². The van der Waals surface area contributed by atoms with Gasteiger partial charge >= 0.3 is 5.97 Å². The smallest absolute Gasteiger partial charge is 0.348 e. The van der Waals surface area contributed by atoms with Gasteiger partial charge in [-0.25, -0.2) is 9.78 Å². The predicted molar refractivity (Wildman–Crippen MR) is 89.3 cm³/mol. The molecule has 0 aromatic carbocycles. The van der Waals surface area contributed by atoms with Crippen LogP contribution in [0.2, 0.25) is 0 Å². The van der Waals surface area contributed by atoms with Gasteiger partial charge in [0.25, 0.3) is 5.91 Å². The van der Waals surface area contributed by atoms with Crippen LogP contribution in [0.5, 0.6) is 0 Å². The van der Waals surface area contributed by atoms with Crippen molar-refractivity contribution in [3.63, 3.8) is 0 Å². The summed E-state index contributed by atoms with van der Waals surface area (Å²) < 4.78 is 4.63. The van der Waals surface area contributed by atoms with Crippen molar-refractivity contribution in [3.8, 4) is 0 Å². The summed E-state index contributed by atoms with van der Waals surface area (Å²) >= 11 is 1.10. The summed E-state index contributed by atoms with van der Waals surface area (Å²) in [6.07, 6.45) is 4.04. The first-order chi connectivity index (χ1) is 11.2. The van der Waals surface area contributed by atoms with Crippen LogP contribution in [0, 0.1) is 0 Å². The van der Waals surface area contributed by atoms with Crippen LogP contribution in [0.15, 0.2) is 30.5 Å². The number of thiophene rings is 1. The molecule has 0 aliphatic carbocycles. The minimum atomic E-state index is -0.439. The molecule has 0 atom stereocenters. The van der Waals surface area contributed by atoms with Gasteiger partial charge in [-0.1, -0.05) is 0 Å². The van der Waals surface area contributed by atoms with Gasteiger partial charge in [0.15, 0.2) is 0 Å². The molecule has 3 rings (SSSR count). The van der Waals surface area contributed by atoms with E-state index >= 15 is 0 Å². The number of hydrogen-bond acceptors (Lipinski definition) is 6. The summed E-state index contributed by atoms with van der Waals surface area (Å²) in [4.78, 5) is 31.1. The molecule has 120 valence electrons. The van der Waals surface area contributed by atoms with Crippen molar-refractivity contribution in [1.82, 2.24) is 4.98 Å². The molecule has 3 heterocycles. The molecule has 6 nitrogen and oxygen atoms in total. The number of esters is 1. The van der Waals surface area contributed by atoms with Crippen LogP contribution in [0.1, 0.15) is 32.2 Å². The summed E-state index contributed by atoms with van der Waals surface area (Å²) in [6, 6.07) is 6.95. The Labute approximate surface area is 138 Å². The fraction of sp³-hybridized carbons (Fsp3) is 0.312. The first-order valence-electron chi connectivity index (χ1n) is 7.38. The zero-order valence-corrected chi connectivity index (χ0v) is 13.6. The van der Waals surface area contributed by atoms with Gasteiger partial charge < -0.3 is 15.0 Å². The average molecular weight is 331 g/mol. The molecular weight excluding hydrogens is 314 g/mol. The minimum Gasteiger partial charge on any atom is -0.465 e. The maximum Gasteiger partial charge on any atom is 0.348 e. The Hall–Kier alpha value is -2.41. The molecule has 2 aromatic rings. The Balaban J connectivity index is 1.65. The number of pyridine rings is 1. The lowest BCUT2D eigenvalue weighted by molar-refractivity contribution is 0.0606. The van der Waals surface area contributed by atoms with Gasteiger partial charge in [0.1, 0.15) is 10.7 Å². The monoisotopic (exact) mass is 331 g/mol. The van der Waals surface area contributed by atoms with Gasteiger partial charge in [0.2, 0.25) is 0 Å². The number of rotatable bonds is 4. The van der Waals surface area contributed by atoms with Crippen LogP contribution in [0.25, 0.3) is 0 Å². The van der Waals surface area contributed by atoms with Crippen LogP contribution >= 0.6 is 11.3 Å². The van der Waals surface area contributed by atoms with E-state index in [0.717, 1.165) is 30.2 Å². The molecule has 1 saturated heterocycles. The first kappa shape index (κ1) is 15.5. The highest BCUT2D eigenvalue weighted by molar-refractivity contribution is 7.16. The van der Waals surface area contributed by atoms with Gasteiger partial charge in [-0.05, 0) is 37.1 Å². The zero-order chi connectivity index (χ0) is 16.2. The van der Waals surface area contributed by atoms with E-state index in [0.29, 0.717) is 15.4 Å². The maximum atomic E-state index is 12.2. The number of methoxy groups -OCH3 is 1. The summed E-state index contributed by atoms with van der Waals surface area (Å²) in [5.74, 6) is 0.233. The lowest BCUT2D eigenvalue weighted by Crippen LogP contribution is -2.19. The Morgan fingerprint density at radius 1 is 1.17 bits per heavy atom. The number of hydrogen-bond donors (Lipinski definition) is 1. The van der Waals surface area contributed by atoms with Crippen molar-refractivity contribution >= 4 is 34.7 Å². The summed E-state index contributed by atoms with van der Waals surface area (Å²) in [6.45, 7) is 2.06. The SMILES string of the molecule is COC(=O)c1ccc(C(=O)Nc2ccc(N3CCCC3)nc2)s1. The van der Waals surface area contributed by atoms with Gasteiger partial charge in [0.05, 0.1) is 23.9 Å². The van der Waals surface area contributed by atoms with Crippen molar-refractivity contribution in [1.29, 1.82) is 0 Å². The Bertz CT molecular complexity index is 706. The molecule has 1 fully saturated rings. The second-order valence-electron chi connectivity index (χ2n) is 5.21. The minimum absolute atomic E-state index is 0.263. The lowest BCUT2D eigenvalue weighted by atomic mass is 10.3. The third-order valence-corrected chi connectivity index (χ3v) is 4.72. The number of carbonyl (C=O) groups excluding carboxylic acids is 2. The number of nitrogens with one attached hydrogen (secondary N) is 1. The molecule has 23 heavy (non-hydrogen) atoms. The van der Waals surface area contributed by atoms with E-state index in [4.69, 9.17) is 0 Å². The van der Waals surface area contributed by atoms with Crippen molar-refractivity contribution in [2.75, 3.05) is 30.4 Å². The number of amides is 1. The summed E-state index contributed by atoms with van der Waals surface area (Å²) in [7, 11) is 1.31. The number of aromatic nitrogens is 1. The predicted octanol–water partition coefficient (Wildman–Crippen LogP) is 2.78. The van der Waals surface area contributed by atoms with Gasteiger partial charge in [0, 0.05) is 13.1 Å². The van der Waals surface area contributed by atoms with E-state index in [1.54, 1.807) is 18.3 Å². The molecular formula is C16H17N3O3S. The van der Waals surface area contributed by atoms with Crippen LogP contribution in [-0.4, -0.2) is 37.1 Å². The van der Waals surface area contributed by atoms with Crippen molar-refractivity contribution in [2.45, 2.75) is 12.8 Å². The van der Waals surface area contributed by atoms with Crippen LogP contribution < -0.4 is 10.2 Å². The van der Waals surface area contributed by atoms with E-state index in [1.807, 2.05) is 12.1 Å². The molecule has 0 bridgehead atoms. The van der Waals surface area contributed by atoms with E-state index < -0.39 is 5.97 Å². The number of ether oxygens (including phenoxy) is 1. The molecule has 2 aromatic heterocycles. The Kier molecular flexibility index (Phi) is 4.57. The number of carbonyl (C=O) groups is 2. The van der Waals surface area contributed by atoms with Crippen molar-refractivity contribution < 1.29 is 14.3 Å². The van der Waals surface area contributed by atoms with Crippen LogP contribution in [0.3, 0.4) is 0 Å². The average Bonchev–Trinajstić information content (AvgIpc) is 3.26. The van der Waals surface area contributed by atoms with Gasteiger partial charge in [-0.2, -0.15) is 0 Å². The van der Waals surface area contributed by atoms with E-state index in [-0.39, 0.29) is 5.91 Å². The highest BCUT2D eigenvalue weighted by Gasteiger charge is 2.15. The molecule has 1 N–H and O–H groups in total. The molecule has 1 aliphatic rings. The third-order valence-electron chi connectivity index (χ3n) is 3.65. The number of nitrogens with zero attached hydrogens (tertiary/aromatic N) is 2. The standard InChI is InChI=1S/C16H17N3O3S/c1-22-16(21)13-6-5-12(23-13)15(20)18-11-4-7-14(17-10-11)19-8-2-3-9-19/h4-7,10H,2-3,8-9H2,1H3,(H,18,20). The largest absolute Gasteiger partial charge is 0.465 e. The highest BCUT2D eigenvalue weighted by Crippen LogP contribution is 2.21. The van der Waals surface area contributed by atoms with E-state index in [9.17, 15) is 9.59 Å². The number of anilines is 2. The summed E-state index contributed by atoms with van der Waals surface area (Å²) in [5.41, 5.74) is 0.631. The normalized spacial score (nSPS) is 13.9. The zero-order valence-electron chi connectivity index (χ0n) is 12.7. The second-order valence-corrected chi connectivity index (χ2v) is 6.29. The third kappa shape index (κ3) is 3.50. The second kappa shape index (κ2) is 6.78. The Morgan fingerprint density at radius 3 is 2.57 bits per heavy atom. The highest BCUT2D eigenvalue weighted by atomic mass is 32.1. The first-order valence-corrected chi connectivity index (χ1v) is 8.19. The molecule has 0 unspecified atom stereocenters. The van der Waals surface area contributed by atoms with E-state index in [2.05, 4.69) is 19.9 Å². The molecule has 0 saturated carbocycles. The molecule has 1 amide bonds. The lowest BCUT2D eigenvalue weighted by Gasteiger charge is -2.16. The van der Waals surface area contributed by atoms with Crippen LogP contribution in [-0.2, 0) is 4.74 Å². The maximum absolute atomic E-state index is 12.2. The quantitative estimate of drug-likeness (QED) is 0.872. The molecule has 1 aliphatic heterocycles. The van der Waals surface area contributed by atoms with Crippen molar-refractivity contribution in [2.24, 2.45) is 0 Å². The Morgan fingerprint density at radius 2 is 1.91 bits per heavy atom.